The Labute approximate surface area is 94.8 Å². The van der Waals surface area contributed by atoms with Crippen molar-refractivity contribution in [2.75, 3.05) is 13.1 Å². The van der Waals surface area contributed by atoms with Gasteiger partial charge in [0.25, 0.3) is 0 Å². The van der Waals surface area contributed by atoms with E-state index in [4.69, 9.17) is 0 Å². The number of hydrogen-bond donors (Lipinski definition) is 2. The van der Waals surface area contributed by atoms with Gasteiger partial charge in [-0.3, -0.25) is 9.59 Å². The van der Waals surface area contributed by atoms with E-state index < -0.39 is 17.6 Å². The van der Waals surface area contributed by atoms with Gasteiger partial charge >= 0.3 is 0 Å². The zero-order chi connectivity index (χ0) is 11.9. The number of rotatable bonds is 2. The molecule has 3 atom stereocenters. The highest BCUT2D eigenvalue weighted by Gasteiger charge is 2.55. The number of hydrogen-bond acceptors (Lipinski definition) is 3. The van der Waals surface area contributed by atoms with Gasteiger partial charge in [-0.05, 0) is 19.8 Å². The van der Waals surface area contributed by atoms with Crippen molar-refractivity contribution >= 4 is 11.8 Å². The van der Waals surface area contributed by atoms with E-state index in [1.165, 1.54) is 0 Å². The van der Waals surface area contributed by atoms with Crippen LogP contribution in [0.5, 0.6) is 0 Å². The molecule has 0 bridgehead atoms. The van der Waals surface area contributed by atoms with Crippen molar-refractivity contribution in [2.45, 2.75) is 38.3 Å². The number of β-lactam (4-membered cyclic amide) rings is 1. The molecule has 2 amide bonds. The highest BCUT2D eigenvalue weighted by Crippen LogP contribution is 2.35. The summed E-state index contributed by atoms with van der Waals surface area (Å²) in [5.41, 5.74) is -0.597. The molecule has 1 unspecified atom stereocenters. The lowest BCUT2D eigenvalue weighted by molar-refractivity contribution is -0.155. The van der Waals surface area contributed by atoms with Gasteiger partial charge in [-0.1, -0.05) is 6.92 Å². The van der Waals surface area contributed by atoms with Gasteiger partial charge in [-0.15, -0.1) is 0 Å². The molecular formula is C11H18N2O3. The molecule has 0 aromatic carbocycles. The fourth-order valence-electron chi connectivity index (χ4n) is 2.44. The molecule has 16 heavy (non-hydrogen) atoms. The number of carbonyl (C=O) groups is 2. The van der Waals surface area contributed by atoms with Gasteiger partial charge in [0.05, 0.1) is 12.0 Å². The van der Waals surface area contributed by atoms with E-state index in [-0.39, 0.29) is 11.8 Å². The number of likely N-dealkylation sites (tertiary alicyclic amines) is 1. The van der Waals surface area contributed by atoms with Gasteiger partial charge in [-0.25, -0.2) is 0 Å². The number of aliphatic hydroxyl groups excluding tert-OH is 1. The Morgan fingerprint density at radius 2 is 2.25 bits per heavy atom. The van der Waals surface area contributed by atoms with Crippen LogP contribution in [0.4, 0.5) is 0 Å². The molecule has 2 aliphatic rings. The maximum atomic E-state index is 12.1. The molecule has 2 heterocycles. The maximum Gasteiger partial charge on any atom is 0.247 e. The largest absolute Gasteiger partial charge is 0.393 e. The third-order valence-corrected chi connectivity index (χ3v) is 3.83. The molecular weight excluding hydrogens is 208 g/mol. The fraction of sp³-hybridized carbons (Fsp3) is 0.818. The van der Waals surface area contributed by atoms with E-state index in [2.05, 4.69) is 5.32 Å². The third kappa shape index (κ3) is 1.42. The van der Waals surface area contributed by atoms with Gasteiger partial charge in [0.1, 0.15) is 5.54 Å². The Kier molecular flexibility index (Phi) is 2.66. The second-order valence-electron chi connectivity index (χ2n) is 4.84. The number of nitrogens with one attached hydrogen (secondary N) is 1. The Balaban J connectivity index is 2.15. The van der Waals surface area contributed by atoms with Crippen LogP contribution in [0.25, 0.3) is 0 Å². The fourth-order valence-corrected chi connectivity index (χ4v) is 2.44. The van der Waals surface area contributed by atoms with Crippen LogP contribution in [0.3, 0.4) is 0 Å². The van der Waals surface area contributed by atoms with E-state index in [1.807, 2.05) is 0 Å². The monoisotopic (exact) mass is 226 g/mol. The van der Waals surface area contributed by atoms with Crippen LogP contribution in [-0.4, -0.2) is 46.6 Å². The van der Waals surface area contributed by atoms with E-state index in [0.717, 1.165) is 12.8 Å². The molecule has 0 saturated carbocycles. The number of amides is 2. The van der Waals surface area contributed by atoms with Crippen LogP contribution in [0.15, 0.2) is 0 Å². The minimum Gasteiger partial charge on any atom is -0.393 e. The van der Waals surface area contributed by atoms with E-state index in [0.29, 0.717) is 13.1 Å². The topological polar surface area (TPSA) is 69.6 Å². The summed E-state index contributed by atoms with van der Waals surface area (Å²) in [7, 11) is 0. The summed E-state index contributed by atoms with van der Waals surface area (Å²) in [5.74, 6) is -0.595. The molecule has 2 fully saturated rings. The summed E-state index contributed by atoms with van der Waals surface area (Å²) < 4.78 is 0. The van der Waals surface area contributed by atoms with E-state index >= 15 is 0 Å². The normalized spacial score (nSPS) is 32.2. The number of carbonyl (C=O) groups excluding carboxylic acids is 2. The summed E-state index contributed by atoms with van der Waals surface area (Å²) in [4.78, 5) is 25.4. The van der Waals surface area contributed by atoms with Crippen molar-refractivity contribution in [1.82, 2.24) is 10.2 Å². The molecule has 0 aliphatic carbocycles. The van der Waals surface area contributed by atoms with Crippen LogP contribution >= 0.6 is 0 Å². The molecule has 0 aromatic rings. The van der Waals surface area contributed by atoms with E-state index in [9.17, 15) is 14.7 Å². The van der Waals surface area contributed by atoms with Crippen molar-refractivity contribution in [3.8, 4) is 0 Å². The smallest absolute Gasteiger partial charge is 0.247 e. The first-order valence-corrected chi connectivity index (χ1v) is 5.77. The maximum absolute atomic E-state index is 12.1. The summed E-state index contributed by atoms with van der Waals surface area (Å²) in [6, 6.07) is 0. The predicted octanol–water partition coefficient (Wildman–Crippen LogP) is -0.506. The van der Waals surface area contributed by atoms with Crippen LogP contribution in [0.2, 0.25) is 0 Å². The minimum absolute atomic E-state index is 0.0452. The molecule has 1 spiro atoms. The first-order chi connectivity index (χ1) is 7.49. The Morgan fingerprint density at radius 1 is 1.56 bits per heavy atom. The van der Waals surface area contributed by atoms with Crippen molar-refractivity contribution in [1.29, 1.82) is 0 Å². The van der Waals surface area contributed by atoms with Crippen LogP contribution in [0, 0.1) is 5.92 Å². The SMILES string of the molecule is C[C@H](C(=O)N1CCCC12CNC2=O)[C@@H](C)O. The average molecular weight is 226 g/mol. The predicted molar refractivity (Wildman–Crippen MR) is 57.5 cm³/mol. The van der Waals surface area contributed by atoms with Gasteiger partial charge in [0.2, 0.25) is 11.8 Å². The quantitative estimate of drug-likeness (QED) is 0.623. The zero-order valence-electron chi connectivity index (χ0n) is 9.69. The Morgan fingerprint density at radius 3 is 2.69 bits per heavy atom. The van der Waals surface area contributed by atoms with Gasteiger partial charge < -0.3 is 15.3 Å². The molecule has 5 nitrogen and oxygen atoms in total. The lowest BCUT2D eigenvalue weighted by atomic mass is 9.87. The standard InChI is InChI=1S/C11H18N2O3/c1-7(8(2)14)9(15)13-5-3-4-11(13)6-12-10(11)16/h7-8,14H,3-6H2,1-2H3,(H,12,16)/t7-,8+,11?/m0/s1. The highest BCUT2D eigenvalue weighted by atomic mass is 16.3. The number of aliphatic hydroxyl groups is 1. The molecule has 2 aliphatic heterocycles. The Bertz CT molecular complexity index is 329. The molecule has 5 heteroatoms. The third-order valence-electron chi connectivity index (χ3n) is 3.83. The average Bonchev–Trinajstić information content (AvgIpc) is 2.71. The van der Waals surface area contributed by atoms with Crippen LogP contribution in [-0.2, 0) is 9.59 Å². The second kappa shape index (κ2) is 3.73. The molecule has 2 N–H and O–H groups in total. The van der Waals surface area contributed by atoms with Gasteiger partial charge in [0.15, 0.2) is 0 Å². The first kappa shape index (κ1) is 11.4. The zero-order valence-corrected chi connectivity index (χ0v) is 9.69. The summed E-state index contributed by atoms with van der Waals surface area (Å²) in [5, 5.41) is 12.1. The molecule has 90 valence electrons. The van der Waals surface area contributed by atoms with Crippen LogP contribution < -0.4 is 5.32 Å². The summed E-state index contributed by atoms with van der Waals surface area (Å²) >= 11 is 0. The summed E-state index contributed by atoms with van der Waals surface area (Å²) in [6.45, 7) is 4.50. The molecule has 2 rings (SSSR count). The molecule has 0 radical (unpaired) electrons. The lowest BCUT2D eigenvalue weighted by Gasteiger charge is -2.45. The second-order valence-corrected chi connectivity index (χ2v) is 4.84. The molecule has 0 aromatic heterocycles. The van der Waals surface area contributed by atoms with Crippen molar-refractivity contribution in [3.05, 3.63) is 0 Å². The first-order valence-electron chi connectivity index (χ1n) is 5.77. The van der Waals surface area contributed by atoms with Crippen molar-refractivity contribution in [2.24, 2.45) is 5.92 Å². The Hall–Kier alpha value is -1.10. The van der Waals surface area contributed by atoms with Gasteiger partial charge in [-0.2, -0.15) is 0 Å². The molecule has 2 saturated heterocycles. The van der Waals surface area contributed by atoms with Crippen LogP contribution in [0.1, 0.15) is 26.7 Å². The minimum atomic E-state index is -0.673. The lowest BCUT2D eigenvalue weighted by Crippen LogP contribution is -2.72. The van der Waals surface area contributed by atoms with E-state index in [1.54, 1.807) is 18.7 Å². The summed E-state index contributed by atoms with van der Waals surface area (Å²) in [6.07, 6.45) is 0.941. The number of nitrogens with zero attached hydrogens (tertiary/aromatic N) is 1. The van der Waals surface area contributed by atoms with Crippen molar-refractivity contribution in [3.63, 3.8) is 0 Å². The van der Waals surface area contributed by atoms with Gasteiger partial charge in [0, 0.05) is 13.1 Å². The highest BCUT2D eigenvalue weighted by molar-refractivity contribution is 5.97. The van der Waals surface area contributed by atoms with Crippen molar-refractivity contribution < 1.29 is 14.7 Å².